The molecule has 150 valence electrons. The highest BCUT2D eigenvalue weighted by Crippen LogP contribution is 2.35. The molecule has 2 aromatic carbocycles. The van der Waals surface area contributed by atoms with Crippen LogP contribution in [-0.2, 0) is 12.8 Å². The maximum Gasteiger partial charge on any atom is 0.254 e. The molecule has 2 aliphatic rings. The summed E-state index contributed by atoms with van der Waals surface area (Å²) < 4.78 is 14.3. The van der Waals surface area contributed by atoms with E-state index in [9.17, 15) is 14.4 Å². The van der Waals surface area contributed by atoms with E-state index in [2.05, 4.69) is 15.1 Å². The molecule has 1 fully saturated rings. The van der Waals surface area contributed by atoms with Crippen molar-refractivity contribution >= 4 is 5.91 Å². The number of nitrogens with zero attached hydrogens (tertiary/aromatic N) is 3. The normalized spacial score (nSPS) is 17.8. The van der Waals surface area contributed by atoms with Crippen molar-refractivity contribution in [3.8, 4) is 17.2 Å². The van der Waals surface area contributed by atoms with Gasteiger partial charge in [-0.25, -0.2) is 4.39 Å². The minimum atomic E-state index is -0.439. The Balaban J connectivity index is 1.41. The molecule has 5 rings (SSSR count). The Morgan fingerprint density at radius 3 is 2.67 bits per heavy atom. The van der Waals surface area contributed by atoms with E-state index in [0.717, 1.165) is 32.1 Å². The standard InChI is InChI=1S/C24H21FN4O/c25-21-3-1-2-17(13-26)23(21)15-4-6-16(7-5-15)24(30)29(19-8-9-19)20-10-11-22-18(12-20)14-27-28-22/h1-7,14,19-20H,8-12H2,(H,27,28). The van der Waals surface area contributed by atoms with Crippen LogP contribution in [0.1, 0.15) is 46.4 Å². The van der Waals surface area contributed by atoms with Crippen LogP contribution in [0.5, 0.6) is 0 Å². The highest BCUT2D eigenvalue weighted by Gasteiger charge is 2.39. The van der Waals surface area contributed by atoms with Gasteiger partial charge in [0.15, 0.2) is 0 Å². The number of benzene rings is 2. The fraction of sp³-hybridized carbons (Fsp3) is 0.292. The maximum atomic E-state index is 14.3. The number of H-pyrrole nitrogens is 1. The number of nitriles is 1. The highest BCUT2D eigenvalue weighted by molar-refractivity contribution is 5.95. The molecule has 0 spiro atoms. The average molecular weight is 400 g/mol. The first-order valence-corrected chi connectivity index (χ1v) is 10.3. The summed E-state index contributed by atoms with van der Waals surface area (Å²) in [6, 6.07) is 13.9. The first-order chi connectivity index (χ1) is 14.7. The smallest absolute Gasteiger partial charge is 0.254 e. The summed E-state index contributed by atoms with van der Waals surface area (Å²) in [5, 5.41) is 16.5. The van der Waals surface area contributed by atoms with E-state index in [1.165, 1.54) is 23.4 Å². The molecule has 1 aromatic heterocycles. The molecule has 0 saturated heterocycles. The van der Waals surface area contributed by atoms with E-state index in [-0.39, 0.29) is 23.1 Å². The number of hydrogen-bond donors (Lipinski definition) is 1. The number of hydrogen-bond acceptors (Lipinski definition) is 3. The number of halogens is 1. The fourth-order valence-electron chi connectivity index (χ4n) is 4.46. The zero-order valence-corrected chi connectivity index (χ0v) is 16.4. The quantitative estimate of drug-likeness (QED) is 0.712. The minimum Gasteiger partial charge on any atom is -0.332 e. The van der Waals surface area contributed by atoms with Gasteiger partial charge < -0.3 is 4.90 Å². The van der Waals surface area contributed by atoms with Crippen LogP contribution in [0.2, 0.25) is 0 Å². The zero-order chi connectivity index (χ0) is 20.7. The molecule has 0 aliphatic heterocycles. The van der Waals surface area contributed by atoms with Crippen molar-refractivity contribution < 1.29 is 9.18 Å². The lowest BCUT2D eigenvalue weighted by atomic mass is 9.91. The number of aromatic nitrogens is 2. The molecule has 0 bridgehead atoms. The SMILES string of the molecule is N#Cc1cccc(F)c1-c1ccc(C(=O)N(C2CC2)C2CCc3[nH]ncc3C2)cc1. The van der Waals surface area contributed by atoms with E-state index in [4.69, 9.17) is 0 Å². The van der Waals surface area contributed by atoms with Crippen molar-refractivity contribution in [2.75, 3.05) is 0 Å². The number of rotatable bonds is 4. The fourth-order valence-corrected chi connectivity index (χ4v) is 4.46. The van der Waals surface area contributed by atoms with Crippen molar-refractivity contribution in [2.24, 2.45) is 0 Å². The van der Waals surface area contributed by atoms with Crippen LogP contribution < -0.4 is 0 Å². The Hall–Kier alpha value is -3.46. The van der Waals surface area contributed by atoms with Crippen molar-refractivity contribution in [3.05, 3.63) is 76.9 Å². The Morgan fingerprint density at radius 1 is 1.13 bits per heavy atom. The van der Waals surface area contributed by atoms with Crippen LogP contribution in [0.3, 0.4) is 0 Å². The number of amides is 1. The van der Waals surface area contributed by atoms with Crippen molar-refractivity contribution in [3.63, 3.8) is 0 Å². The number of fused-ring (bicyclic) bond motifs is 1. The topological polar surface area (TPSA) is 72.8 Å². The Kier molecular flexibility index (Phi) is 4.59. The summed E-state index contributed by atoms with van der Waals surface area (Å²) in [5.41, 5.74) is 4.13. The number of aromatic amines is 1. The largest absolute Gasteiger partial charge is 0.332 e. The van der Waals surface area contributed by atoms with E-state index >= 15 is 0 Å². The Bertz CT molecular complexity index is 1140. The van der Waals surface area contributed by atoms with Gasteiger partial charge in [-0.05, 0) is 67.5 Å². The van der Waals surface area contributed by atoms with E-state index in [0.29, 0.717) is 17.2 Å². The predicted molar refractivity (Wildman–Crippen MR) is 110 cm³/mol. The summed E-state index contributed by atoms with van der Waals surface area (Å²) in [6.07, 6.45) is 6.61. The van der Waals surface area contributed by atoms with Gasteiger partial charge in [0.2, 0.25) is 0 Å². The van der Waals surface area contributed by atoms with Crippen LogP contribution in [-0.4, -0.2) is 33.1 Å². The maximum absolute atomic E-state index is 14.3. The summed E-state index contributed by atoms with van der Waals surface area (Å²) in [5.74, 6) is -0.416. The van der Waals surface area contributed by atoms with Crippen LogP contribution >= 0.6 is 0 Å². The van der Waals surface area contributed by atoms with Gasteiger partial charge in [-0.2, -0.15) is 10.4 Å². The number of aryl methyl sites for hydroxylation is 1. The molecule has 1 amide bonds. The molecule has 1 saturated carbocycles. The molecule has 2 aliphatic carbocycles. The van der Waals surface area contributed by atoms with E-state index < -0.39 is 5.82 Å². The third kappa shape index (κ3) is 3.26. The van der Waals surface area contributed by atoms with Crippen LogP contribution in [0.25, 0.3) is 11.1 Å². The molecule has 6 heteroatoms. The van der Waals surface area contributed by atoms with Gasteiger partial charge in [0.1, 0.15) is 5.82 Å². The molecule has 1 atom stereocenters. The third-order valence-corrected chi connectivity index (χ3v) is 6.11. The molecule has 1 N–H and O–H groups in total. The van der Waals surface area contributed by atoms with Gasteiger partial charge in [-0.1, -0.05) is 18.2 Å². The number of carbonyl (C=O) groups is 1. The molecule has 3 aromatic rings. The Morgan fingerprint density at radius 2 is 1.93 bits per heavy atom. The van der Waals surface area contributed by atoms with E-state index in [1.54, 1.807) is 30.3 Å². The first kappa shape index (κ1) is 18.6. The summed E-state index contributed by atoms with van der Waals surface area (Å²) in [6.45, 7) is 0. The van der Waals surface area contributed by atoms with E-state index in [1.807, 2.05) is 12.3 Å². The van der Waals surface area contributed by atoms with Crippen molar-refractivity contribution in [1.82, 2.24) is 15.1 Å². The summed E-state index contributed by atoms with van der Waals surface area (Å²) in [7, 11) is 0. The van der Waals surface area contributed by atoms with Crippen molar-refractivity contribution in [2.45, 2.75) is 44.2 Å². The molecule has 30 heavy (non-hydrogen) atoms. The summed E-state index contributed by atoms with van der Waals surface area (Å²) in [4.78, 5) is 15.4. The molecular formula is C24H21FN4O. The van der Waals surface area contributed by atoms with Gasteiger partial charge in [-0.15, -0.1) is 0 Å². The second-order valence-electron chi connectivity index (χ2n) is 8.07. The molecular weight excluding hydrogens is 379 g/mol. The highest BCUT2D eigenvalue weighted by atomic mass is 19.1. The molecule has 1 heterocycles. The van der Waals surface area contributed by atoms with Gasteiger partial charge in [0, 0.05) is 28.9 Å². The van der Waals surface area contributed by atoms with Crippen LogP contribution in [0.4, 0.5) is 4.39 Å². The molecule has 0 radical (unpaired) electrons. The second kappa shape index (κ2) is 7.42. The van der Waals surface area contributed by atoms with Gasteiger partial charge in [-0.3, -0.25) is 9.89 Å². The minimum absolute atomic E-state index is 0.0232. The lowest BCUT2D eigenvalue weighted by Crippen LogP contribution is -2.44. The predicted octanol–water partition coefficient (Wildman–Crippen LogP) is 4.25. The lowest BCUT2D eigenvalue weighted by Gasteiger charge is -2.34. The van der Waals surface area contributed by atoms with Crippen LogP contribution in [0, 0.1) is 17.1 Å². The third-order valence-electron chi connectivity index (χ3n) is 6.11. The average Bonchev–Trinajstić information content (AvgIpc) is 3.49. The van der Waals surface area contributed by atoms with Gasteiger partial charge in [0.05, 0.1) is 17.8 Å². The Labute approximate surface area is 174 Å². The zero-order valence-electron chi connectivity index (χ0n) is 16.4. The molecule has 1 unspecified atom stereocenters. The number of nitrogens with one attached hydrogen (secondary N) is 1. The monoisotopic (exact) mass is 400 g/mol. The molecule has 5 nitrogen and oxygen atoms in total. The van der Waals surface area contributed by atoms with Gasteiger partial charge in [0.25, 0.3) is 5.91 Å². The van der Waals surface area contributed by atoms with Crippen molar-refractivity contribution in [1.29, 1.82) is 5.26 Å². The number of carbonyl (C=O) groups excluding carboxylic acids is 1. The van der Waals surface area contributed by atoms with Crippen LogP contribution in [0.15, 0.2) is 48.7 Å². The second-order valence-corrected chi connectivity index (χ2v) is 8.07. The summed E-state index contributed by atoms with van der Waals surface area (Å²) >= 11 is 0. The lowest BCUT2D eigenvalue weighted by molar-refractivity contribution is 0.0643. The van der Waals surface area contributed by atoms with Gasteiger partial charge >= 0.3 is 0 Å². The first-order valence-electron chi connectivity index (χ1n) is 10.3.